The van der Waals surface area contributed by atoms with Gasteiger partial charge in [-0.1, -0.05) is 58.0 Å². The number of carbonyl (C=O) groups excluding carboxylic acids is 2. The molecular weight excluding hydrogens is 909 g/mol. The maximum Gasteiger partial charge on any atom is 0.261 e. The summed E-state index contributed by atoms with van der Waals surface area (Å²) in [7, 11) is 6.88. The SMILES string of the molecule is COCCOCCOCCN(CC(C)(C)SSC)c1cc(COc2cc3c(cc2C)C(=O)N2c4ccccc4C[C@H]2C=N3)cc(COc2cc3c(cc2OC)C(=O)N2c4ccccc4C[C@H]2CC3)c1. The first-order chi connectivity index (χ1) is 33.5. The fourth-order valence-electron chi connectivity index (χ4n) is 9.96. The fraction of sp³-hybridized carbons (Fsp3) is 0.400. The Kier molecular flexibility index (Phi) is 15.2. The van der Waals surface area contributed by atoms with Gasteiger partial charge in [-0.25, -0.2) is 0 Å². The van der Waals surface area contributed by atoms with Crippen LogP contribution in [0.4, 0.5) is 22.7 Å². The molecule has 362 valence electrons. The molecule has 4 heterocycles. The predicted octanol–water partition coefficient (Wildman–Crippen LogP) is 10.2. The third kappa shape index (κ3) is 10.8. The number of carbonyl (C=O) groups is 2. The lowest BCUT2D eigenvalue weighted by Crippen LogP contribution is -2.38. The Morgan fingerprint density at radius 3 is 2.12 bits per heavy atom. The van der Waals surface area contributed by atoms with Crippen molar-refractivity contribution in [2.45, 2.75) is 76.5 Å². The lowest BCUT2D eigenvalue weighted by Gasteiger charge is -2.34. The Morgan fingerprint density at radius 1 is 0.725 bits per heavy atom. The number of amides is 2. The smallest absolute Gasteiger partial charge is 0.261 e. The van der Waals surface area contributed by atoms with Crippen molar-refractivity contribution in [2.75, 3.05) is 81.3 Å². The molecule has 0 unspecified atom stereocenters. The minimum absolute atomic E-state index is 0.000809. The van der Waals surface area contributed by atoms with Crippen molar-refractivity contribution >= 4 is 62.4 Å². The molecule has 2 amide bonds. The molecule has 14 heteroatoms. The summed E-state index contributed by atoms with van der Waals surface area (Å²) in [6, 6.07) is 30.4. The topological polar surface area (TPSA) is 112 Å². The Balaban J connectivity index is 0.989. The molecule has 0 N–H and O–H groups in total. The van der Waals surface area contributed by atoms with E-state index in [-0.39, 0.29) is 41.9 Å². The number of para-hydroxylation sites is 2. The van der Waals surface area contributed by atoms with Crippen molar-refractivity contribution in [3.05, 3.63) is 136 Å². The van der Waals surface area contributed by atoms with E-state index in [4.69, 9.17) is 33.4 Å². The van der Waals surface area contributed by atoms with Crippen molar-refractivity contribution in [2.24, 2.45) is 4.99 Å². The molecule has 0 aromatic heterocycles. The van der Waals surface area contributed by atoms with Crippen LogP contribution in [0, 0.1) is 6.92 Å². The zero-order chi connectivity index (χ0) is 48.1. The second-order valence-corrected chi connectivity index (χ2v) is 21.7. The third-order valence-electron chi connectivity index (χ3n) is 13.2. The zero-order valence-corrected chi connectivity index (χ0v) is 42.1. The van der Waals surface area contributed by atoms with E-state index in [2.05, 4.69) is 55.3 Å². The minimum atomic E-state index is -0.138. The number of rotatable bonds is 21. The highest BCUT2D eigenvalue weighted by atomic mass is 33.1. The highest BCUT2D eigenvalue weighted by Crippen LogP contribution is 2.42. The van der Waals surface area contributed by atoms with Gasteiger partial charge in [-0.2, -0.15) is 0 Å². The van der Waals surface area contributed by atoms with Gasteiger partial charge in [-0.3, -0.25) is 19.5 Å². The normalized spacial score (nSPS) is 16.8. The number of nitrogens with zero attached hydrogens (tertiary/aromatic N) is 4. The largest absolute Gasteiger partial charge is 0.493 e. The summed E-state index contributed by atoms with van der Waals surface area (Å²) >= 11 is 0. The number of fused-ring (bicyclic) bond motifs is 8. The third-order valence-corrected chi connectivity index (χ3v) is 15.8. The highest BCUT2D eigenvalue weighted by Gasteiger charge is 2.38. The van der Waals surface area contributed by atoms with Crippen LogP contribution in [0.1, 0.15) is 74.4 Å². The number of ether oxygens (including phenoxy) is 6. The van der Waals surface area contributed by atoms with E-state index in [9.17, 15) is 9.59 Å². The molecule has 69 heavy (non-hydrogen) atoms. The van der Waals surface area contributed by atoms with Gasteiger partial charge in [0.15, 0.2) is 11.5 Å². The van der Waals surface area contributed by atoms with Crippen LogP contribution >= 0.6 is 21.6 Å². The van der Waals surface area contributed by atoms with Gasteiger partial charge in [-0.05, 0) is 128 Å². The molecule has 5 aromatic carbocycles. The molecule has 0 bridgehead atoms. The predicted molar refractivity (Wildman–Crippen MR) is 278 cm³/mol. The maximum atomic E-state index is 14.2. The van der Waals surface area contributed by atoms with E-state index in [1.54, 1.807) is 25.0 Å². The Bertz CT molecular complexity index is 2710. The van der Waals surface area contributed by atoms with Gasteiger partial charge in [0.1, 0.15) is 19.0 Å². The van der Waals surface area contributed by atoms with Crippen molar-refractivity contribution in [3.8, 4) is 17.2 Å². The highest BCUT2D eigenvalue weighted by molar-refractivity contribution is 8.77. The number of methoxy groups -OCH3 is 2. The molecule has 0 radical (unpaired) electrons. The summed E-state index contributed by atoms with van der Waals surface area (Å²) in [5, 5.41) is 0. The van der Waals surface area contributed by atoms with Gasteiger partial charge in [0, 0.05) is 72.3 Å². The van der Waals surface area contributed by atoms with Crippen molar-refractivity contribution in [1.82, 2.24) is 0 Å². The van der Waals surface area contributed by atoms with E-state index in [0.29, 0.717) is 73.6 Å². The van der Waals surface area contributed by atoms with E-state index in [1.807, 2.05) is 94.4 Å². The van der Waals surface area contributed by atoms with Gasteiger partial charge in [-0.15, -0.1) is 0 Å². The second-order valence-electron chi connectivity index (χ2n) is 18.6. The number of hydrogen-bond acceptors (Lipinski definition) is 12. The average molecular weight is 971 g/mol. The van der Waals surface area contributed by atoms with Crippen LogP contribution in [0.3, 0.4) is 0 Å². The number of aliphatic imine (C=N–C) groups is 1. The number of aryl methyl sites for hydroxylation is 2. The van der Waals surface area contributed by atoms with E-state index < -0.39 is 0 Å². The van der Waals surface area contributed by atoms with Crippen LogP contribution in [0.5, 0.6) is 17.2 Å². The molecule has 0 spiro atoms. The molecule has 0 saturated heterocycles. The van der Waals surface area contributed by atoms with E-state index in [1.165, 1.54) is 5.56 Å². The molecule has 9 rings (SSSR count). The zero-order valence-electron chi connectivity index (χ0n) is 40.5. The molecular formula is C55H62N4O8S2. The van der Waals surface area contributed by atoms with Crippen LogP contribution < -0.4 is 28.9 Å². The standard InChI is InChI=1S/C55H62N4O8S2/c1-36-23-46-47(56-32-44-28-41-12-8-10-14-49(41)59(44)54(46)61)31-50(36)66-33-37-24-38(26-43(25-37)57(35-55(2,3)69-68-6)17-18-64-21-22-65-20-19-62-4)34-67-52-29-39-15-16-42-27-40-11-7-9-13-48(40)58(42)53(60)45(39)30-51(52)63-5/h7-14,23-26,29-32,42,44H,15-22,27-28,33-35H2,1-6H3/t42-,44+/m1/s1. The molecule has 12 nitrogen and oxygen atoms in total. The van der Waals surface area contributed by atoms with Crippen LogP contribution in [0.15, 0.2) is 96.0 Å². The monoisotopic (exact) mass is 970 g/mol. The quantitative estimate of drug-likeness (QED) is 0.0518. The molecule has 0 fully saturated rings. The van der Waals surface area contributed by atoms with E-state index in [0.717, 1.165) is 77.1 Å². The molecule has 4 aliphatic rings. The number of hydrogen-bond donors (Lipinski definition) is 0. The first-order valence-electron chi connectivity index (χ1n) is 23.8. The average Bonchev–Trinajstić information content (AvgIpc) is 3.84. The number of anilines is 3. The summed E-state index contributed by atoms with van der Waals surface area (Å²) in [5.74, 6) is 1.70. The molecule has 0 saturated carbocycles. The van der Waals surface area contributed by atoms with Gasteiger partial charge in [0.2, 0.25) is 0 Å². The van der Waals surface area contributed by atoms with Crippen molar-refractivity contribution in [1.29, 1.82) is 0 Å². The summed E-state index contributed by atoms with van der Waals surface area (Å²) in [5.41, 5.74) is 10.8. The lowest BCUT2D eigenvalue weighted by atomic mass is 9.99. The summed E-state index contributed by atoms with van der Waals surface area (Å²) in [4.78, 5) is 39.4. The van der Waals surface area contributed by atoms with E-state index >= 15 is 0 Å². The lowest BCUT2D eigenvalue weighted by molar-refractivity contribution is 0.0264. The summed E-state index contributed by atoms with van der Waals surface area (Å²) in [6.07, 6.45) is 7.20. The van der Waals surface area contributed by atoms with Gasteiger partial charge in [0.25, 0.3) is 11.8 Å². The van der Waals surface area contributed by atoms with Crippen LogP contribution in [0.2, 0.25) is 0 Å². The fourth-order valence-corrected chi connectivity index (χ4v) is 12.1. The molecule has 0 aliphatic carbocycles. The van der Waals surface area contributed by atoms with Crippen molar-refractivity contribution in [3.63, 3.8) is 0 Å². The maximum absolute atomic E-state index is 14.2. The van der Waals surface area contributed by atoms with Gasteiger partial charge >= 0.3 is 0 Å². The minimum Gasteiger partial charge on any atom is -0.493 e. The summed E-state index contributed by atoms with van der Waals surface area (Å²) in [6.45, 7) is 11.0. The van der Waals surface area contributed by atoms with Crippen LogP contribution in [0.25, 0.3) is 0 Å². The molecule has 5 aromatic rings. The summed E-state index contributed by atoms with van der Waals surface area (Å²) < 4.78 is 36.1. The van der Waals surface area contributed by atoms with Crippen LogP contribution in [-0.2, 0) is 46.7 Å². The Morgan fingerprint density at radius 2 is 1.39 bits per heavy atom. The molecule has 2 atom stereocenters. The van der Waals surface area contributed by atoms with Crippen molar-refractivity contribution < 1.29 is 38.0 Å². The first-order valence-corrected chi connectivity index (χ1v) is 26.3. The van der Waals surface area contributed by atoms with Gasteiger partial charge in [0.05, 0.1) is 57.4 Å². The Labute approximate surface area is 414 Å². The second kappa shape index (κ2) is 21.6. The Hall–Kier alpha value is -5.51. The first kappa shape index (κ1) is 48.5. The molecule has 4 aliphatic heterocycles. The van der Waals surface area contributed by atoms with Crippen LogP contribution in [-0.4, -0.2) is 101 Å². The van der Waals surface area contributed by atoms with Gasteiger partial charge < -0.3 is 38.2 Å². The number of benzene rings is 5.